The highest BCUT2D eigenvalue weighted by Crippen LogP contribution is 2.12. The molecule has 0 radical (unpaired) electrons. The maximum atomic E-state index is 12.7. The van der Waals surface area contributed by atoms with Crippen molar-refractivity contribution in [3.05, 3.63) is 71.5 Å². The van der Waals surface area contributed by atoms with Crippen LogP contribution >= 0.6 is 0 Å². The molecule has 0 saturated carbocycles. The van der Waals surface area contributed by atoms with E-state index >= 15 is 0 Å². The summed E-state index contributed by atoms with van der Waals surface area (Å²) in [6, 6.07) is 15.4. The lowest BCUT2D eigenvalue weighted by Gasteiger charge is -2.03. The molecule has 0 amide bonds. The maximum absolute atomic E-state index is 12.7. The highest BCUT2D eigenvalue weighted by Gasteiger charge is 2.02. The molecule has 1 N–H and O–H groups in total. The van der Waals surface area contributed by atoms with Gasteiger partial charge in [0.05, 0.1) is 6.61 Å². The Labute approximate surface area is 117 Å². The first-order valence-corrected chi connectivity index (χ1v) is 6.29. The van der Waals surface area contributed by atoms with Crippen molar-refractivity contribution < 1.29 is 14.2 Å². The van der Waals surface area contributed by atoms with Gasteiger partial charge in [-0.1, -0.05) is 54.3 Å². The number of hydrogen-bond acceptors (Lipinski definition) is 2. The van der Waals surface area contributed by atoms with E-state index in [9.17, 15) is 9.50 Å². The normalized spacial score (nSPS) is 11.5. The molecule has 0 unspecified atom stereocenters. The Hall–Kier alpha value is -2.15. The number of benzene rings is 2. The lowest BCUT2D eigenvalue weighted by Crippen LogP contribution is -1.96. The van der Waals surface area contributed by atoms with Crippen LogP contribution in [-0.2, 0) is 11.3 Å². The Balaban J connectivity index is 1.78. The van der Waals surface area contributed by atoms with Crippen LogP contribution < -0.4 is 0 Å². The minimum Gasteiger partial charge on any atom is -0.376 e. The molecule has 0 fully saturated rings. The molecule has 2 rings (SSSR count). The zero-order valence-electron chi connectivity index (χ0n) is 10.9. The van der Waals surface area contributed by atoms with E-state index in [0.29, 0.717) is 12.2 Å². The van der Waals surface area contributed by atoms with Crippen molar-refractivity contribution in [2.24, 2.45) is 0 Å². The molecule has 0 aliphatic heterocycles. The van der Waals surface area contributed by atoms with Gasteiger partial charge >= 0.3 is 0 Å². The Morgan fingerprint density at radius 2 is 1.75 bits per heavy atom. The van der Waals surface area contributed by atoms with E-state index in [1.165, 1.54) is 24.3 Å². The Bertz CT molecular complexity index is 582. The predicted octanol–water partition coefficient (Wildman–Crippen LogP) is 3.08. The standard InChI is InChI=1S/C17H15FO2/c18-16-10-8-15(9-11-16)17(19)7-4-12-20-13-14-5-2-1-3-6-14/h1-3,5-6,8-11,17,19H,12-13H2/t17-/m0/s1. The quantitative estimate of drug-likeness (QED) is 0.683. The first-order chi connectivity index (χ1) is 9.75. The number of halogens is 1. The highest BCUT2D eigenvalue weighted by atomic mass is 19.1. The second-order valence-electron chi connectivity index (χ2n) is 4.25. The minimum atomic E-state index is -0.920. The van der Waals surface area contributed by atoms with Crippen LogP contribution in [0.15, 0.2) is 54.6 Å². The van der Waals surface area contributed by atoms with Crippen LogP contribution in [0.2, 0.25) is 0 Å². The average molecular weight is 270 g/mol. The lowest BCUT2D eigenvalue weighted by molar-refractivity contribution is 0.153. The maximum Gasteiger partial charge on any atom is 0.140 e. The zero-order valence-corrected chi connectivity index (χ0v) is 10.9. The summed E-state index contributed by atoms with van der Waals surface area (Å²) in [5, 5.41) is 9.78. The van der Waals surface area contributed by atoms with E-state index in [0.717, 1.165) is 5.56 Å². The second kappa shape index (κ2) is 7.44. The summed E-state index contributed by atoms with van der Waals surface area (Å²) in [5.41, 5.74) is 1.65. The van der Waals surface area contributed by atoms with Crippen LogP contribution in [0.1, 0.15) is 17.2 Å². The molecule has 3 heteroatoms. The number of rotatable bonds is 4. The van der Waals surface area contributed by atoms with Crippen molar-refractivity contribution in [3.8, 4) is 11.8 Å². The van der Waals surface area contributed by atoms with Crippen molar-refractivity contribution in [2.45, 2.75) is 12.7 Å². The summed E-state index contributed by atoms with van der Waals surface area (Å²) in [6.07, 6.45) is -0.920. The Kier molecular flexibility index (Phi) is 5.31. The smallest absolute Gasteiger partial charge is 0.140 e. The molecule has 0 heterocycles. The van der Waals surface area contributed by atoms with Crippen LogP contribution in [0.25, 0.3) is 0 Å². The first-order valence-electron chi connectivity index (χ1n) is 6.29. The molecule has 2 aromatic carbocycles. The van der Waals surface area contributed by atoms with Crippen LogP contribution in [0.5, 0.6) is 0 Å². The summed E-state index contributed by atoms with van der Waals surface area (Å²) >= 11 is 0. The van der Waals surface area contributed by atoms with E-state index in [-0.39, 0.29) is 12.4 Å². The van der Waals surface area contributed by atoms with E-state index in [1.54, 1.807) is 0 Å². The van der Waals surface area contributed by atoms with E-state index < -0.39 is 6.10 Å². The summed E-state index contributed by atoms with van der Waals surface area (Å²) in [6.45, 7) is 0.731. The van der Waals surface area contributed by atoms with Gasteiger partial charge in [-0.15, -0.1) is 0 Å². The van der Waals surface area contributed by atoms with Gasteiger partial charge in [-0.3, -0.25) is 0 Å². The summed E-state index contributed by atoms with van der Waals surface area (Å²) in [5.74, 6) is 5.08. The molecule has 2 aromatic rings. The van der Waals surface area contributed by atoms with E-state index in [4.69, 9.17) is 4.74 Å². The minimum absolute atomic E-state index is 0.243. The predicted molar refractivity (Wildman–Crippen MR) is 75.2 cm³/mol. The van der Waals surface area contributed by atoms with Crippen molar-refractivity contribution in [3.63, 3.8) is 0 Å². The fraction of sp³-hybridized carbons (Fsp3) is 0.176. The molecular formula is C17H15FO2. The molecule has 0 bridgehead atoms. The fourth-order valence-electron chi connectivity index (χ4n) is 1.66. The molecule has 20 heavy (non-hydrogen) atoms. The van der Waals surface area contributed by atoms with Gasteiger partial charge in [-0.2, -0.15) is 0 Å². The topological polar surface area (TPSA) is 29.5 Å². The Morgan fingerprint density at radius 3 is 2.45 bits per heavy atom. The largest absolute Gasteiger partial charge is 0.376 e. The zero-order chi connectivity index (χ0) is 14.2. The van der Waals surface area contributed by atoms with Gasteiger partial charge < -0.3 is 9.84 Å². The summed E-state index contributed by atoms with van der Waals surface area (Å²) in [4.78, 5) is 0. The van der Waals surface area contributed by atoms with Crippen molar-refractivity contribution >= 4 is 0 Å². The van der Waals surface area contributed by atoms with Gasteiger partial charge in [0.2, 0.25) is 0 Å². The number of aliphatic hydroxyl groups is 1. The van der Waals surface area contributed by atoms with Gasteiger partial charge in [0.1, 0.15) is 18.5 Å². The van der Waals surface area contributed by atoms with Crippen molar-refractivity contribution in [1.29, 1.82) is 0 Å². The third kappa shape index (κ3) is 4.51. The van der Waals surface area contributed by atoms with Crippen LogP contribution in [0.3, 0.4) is 0 Å². The summed E-state index contributed by atoms with van der Waals surface area (Å²) in [7, 11) is 0. The molecular weight excluding hydrogens is 255 g/mol. The number of aliphatic hydroxyl groups excluding tert-OH is 1. The van der Waals surface area contributed by atoms with Gasteiger partial charge in [-0.05, 0) is 23.3 Å². The third-order valence-corrected chi connectivity index (χ3v) is 2.71. The lowest BCUT2D eigenvalue weighted by atomic mass is 10.1. The Morgan fingerprint density at radius 1 is 1.05 bits per heavy atom. The summed E-state index contributed by atoms with van der Waals surface area (Å²) < 4.78 is 18.1. The van der Waals surface area contributed by atoms with Gasteiger partial charge in [0, 0.05) is 0 Å². The van der Waals surface area contributed by atoms with Gasteiger partial charge in [0.15, 0.2) is 0 Å². The number of ether oxygens (including phenoxy) is 1. The van der Waals surface area contributed by atoms with Crippen LogP contribution in [0, 0.1) is 17.7 Å². The fourth-order valence-corrected chi connectivity index (χ4v) is 1.66. The average Bonchev–Trinajstić information content (AvgIpc) is 2.48. The first kappa shape index (κ1) is 14.3. The molecule has 0 aliphatic carbocycles. The third-order valence-electron chi connectivity index (χ3n) is 2.71. The number of hydrogen-bond donors (Lipinski definition) is 1. The molecule has 2 nitrogen and oxygen atoms in total. The molecule has 0 saturated heterocycles. The van der Waals surface area contributed by atoms with Gasteiger partial charge in [0.25, 0.3) is 0 Å². The van der Waals surface area contributed by atoms with Crippen molar-refractivity contribution in [2.75, 3.05) is 6.61 Å². The van der Waals surface area contributed by atoms with E-state index in [2.05, 4.69) is 11.8 Å². The monoisotopic (exact) mass is 270 g/mol. The highest BCUT2D eigenvalue weighted by molar-refractivity contribution is 5.25. The second-order valence-corrected chi connectivity index (χ2v) is 4.25. The molecule has 0 aromatic heterocycles. The molecule has 0 aliphatic rings. The van der Waals surface area contributed by atoms with Gasteiger partial charge in [-0.25, -0.2) is 4.39 Å². The van der Waals surface area contributed by atoms with Crippen molar-refractivity contribution in [1.82, 2.24) is 0 Å². The molecule has 0 spiro atoms. The molecule has 102 valence electrons. The van der Waals surface area contributed by atoms with Crippen LogP contribution in [0.4, 0.5) is 4.39 Å². The SMILES string of the molecule is O[C@@H](C#CCOCc1ccccc1)c1ccc(F)cc1. The molecule has 1 atom stereocenters. The van der Waals surface area contributed by atoms with E-state index in [1.807, 2.05) is 30.3 Å². The van der Waals surface area contributed by atoms with Crippen LogP contribution in [-0.4, -0.2) is 11.7 Å².